The van der Waals surface area contributed by atoms with E-state index in [9.17, 15) is 20.1 Å². The summed E-state index contributed by atoms with van der Waals surface area (Å²) in [6.45, 7) is 1.45. The highest BCUT2D eigenvalue weighted by Gasteiger charge is 2.14. The number of benzene rings is 1. The van der Waals surface area contributed by atoms with Crippen LogP contribution in [0.3, 0.4) is 0 Å². The minimum Gasteiger partial charge on any atom is -0.508 e. The smallest absolute Gasteiger partial charge is 0.234 e. The van der Waals surface area contributed by atoms with Gasteiger partial charge in [0.1, 0.15) is 23.5 Å². The average molecular weight is 234 g/mol. The molecule has 1 aromatic heterocycles. The molecule has 1 heterocycles. The van der Waals surface area contributed by atoms with E-state index in [-0.39, 0.29) is 28.4 Å². The molecular formula is C12H10O5. The second kappa shape index (κ2) is 3.86. The third-order valence-corrected chi connectivity index (χ3v) is 2.42. The summed E-state index contributed by atoms with van der Waals surface area (Å²) in [5.41, 5.74) is -0.565. The molecule has 0 saturated carbocycles. The molecular weight excluding hydrogens is 224 g/mol. The summed E-state index contributed by atoms with van der Waals surface area (Å²) >= 11 is 0. The van der Waals surface area contributed by atoms with Gasteiger partial charge in [-0.3, -0.25) is 4.79 Å². The van der Waals surface area contributed by atoms with Gasteiger partial charge in [0.25, 0.3) is 0 Å². The van der Waals surface area contributed by atoms with Crippen molar-refractivity contribution in [1.82, 2.24) is 0 Å². The van der Waals surface area contributed by atoms with Gasteiger partial charge in [-0.05, 0) is 25.1 Å². The van der Waals surface area contributed by atoms with Crippen LogP contribution in [0, 0.1) is 6.92 Å². The van der Waals surface area contributed by atoms with Crippen LogP contribution in [0.15, 0.2) is 33.7 Å². The fourth-order valence-electron chi connectivity index (χ4n) is 1.47. The van der Waals surface area contributed by atoms with E-state index < -0.39 is 11.2 Å². The lowest BCUT2D eigenvalue weighted by Crippen LogP contribution is -2.05. The number of hydrogen-bond acceptors (Lipinski definition) is 5. The van der Waals surface area contributed by atoms with E-state index in [2.05, 4.69) is 0 Å². The van der Waals surface area contributed by atoms with Gasteiger partial charge in [-0.2, -0.15) is 0 Å². The molecule has 0 fully saturated rings. The summed E-state index contributed by atoms with van der Waals surface area (Å²) in [5, 5.41) is 28.4. The minimum atomic E-state index is -0.658. The maximum atomic E-state index is 11.8. The number of aromatic hydroxyl groups is 3. The van der Waals surface area contributed by atoms with Gasteiger partial charge in [0.2, 0.25) is 11.2 Å². The molecule has 2 rings (SSSR count). The fraction of sp³-hybridized carbons (Fsp3) is 0.0833. The van der Waals surface area contributed by atoms with E-state index in [1.54, 1.807) is 0 Å². The molecule has 1 aromatic carbocycles. The first kappa shape index (κ1) is 11.1. The maximum Gasteiger partial charge on any atom is 0.234 e. The zero-order valence-electron chi connectivity index (χ0n) is 8.97. The highest BCUT2D eigenvalue weighted by Crippen LogP contribution is 2.31. The first-order valence-electron chi connectivity index (χ1n) is 4.84. The molecule has 0 aliphatic heterocycles. The van der Waals surface area contributed by atoms with Crippen LogP contribution in [0.5, 0.6) is 17.2 Å². The highest BCUT2D eigenvalue weighted by molar-refractivity contribution is 5.71. The van der Waals surface area contributed by atoms with Crippen LogP contribution in [0.25, 0.3) is 11.1 Å². The molecule has 0 saturated heterocycles. The van der Waals surface area contributed by atoms with Crippen molar-refractivity contribution < 1.29 is 19.7 Å². The van der Waals surface area contributed by atoms with E-state index in [1.807, 2.05) is 0 Å². The molecule has 0 aliphatic carbocycles. The van der Waals surface area contributed by atoms with Gasteiger partial charge in [0.15, 0.2) is 0 Å². The van der Waals surface area contributed by atoms with Gasteiger partial charge in [-0.15, -0.1) is 0 Å². The Morgan fingerprint density at radius 2 is 1.82 bits per heavy atom. The lowest BCUT2D eigenvalue weighted by molar-refractivity contribution is 0.412. The van der Waals surface area contributed by atoms with Gasteiger partial charge in [0.05, 0.1) is 5.56 Å². The molecule has 0 radical (unpaired) electrons. The molecule has 0 amide bonds. The zero-order valence-corrected chi connectivity index (χ0v) is 8.97. The first-order chi connectivity index (χ1) is 8.00. The second-order valence-electron chi connectivity index (χ2n) is 3.58. The van der Waals surface area contributed by atoms with E-state index in [0.29, 0.717) is 0 Å². The lowest BCUT2D eigenvalue weighted by atomic mass is 10.1. The van der Waals surface area contributed by atoms with E-state index >= 15 is 0 Å². The fourth-order valence-corrected chi connectivity index (χ4v) is 1.47. The van der Waals surface area contributed by atoms with Crippen molar-refractivity contribution in [3.8, 4) is 28.4 Å². The number of phenolic OH excluding ortho intramolecular Hbond substituents is 2. The Bertz CT molecular complexity index is 627. The van der Waals surface area contributed by atoms with Gasteiger partial charge in [-0.25, -0.2) is 0 Å². The summed E-state index contributed by atoms with van der Waals surface area (Å²) in [6.07, 6.45) is 1.13. The van der Waals surface area contributed by atoms with Crippen LogP contribution in [0.1, 0.15) is 5.76 Å². The van der Waals surface area contributed by atoms with Gasteiger partial charge in [0, 0.05) is 5.56 Å². The van der Waals surface area contributed by atoms with Crippen LogP contribution >= 0.6 is 0 Å². The van der Waals surface area contributed by atoms with Crippen molar-refractivity contribution in [1.29, 1.82) is 0 Å². The summed E-state index contributed by atoms with van der Waals surface area (Å²) < 4.78 is 4.98. The Labute approximate surface area is 96.2 Å². The number of hydrogen-bond donors (Lipinski definition) is 3. The summed E-state index contributed by atoms with van der Waals surface area (Å²) in [5.74, 6) is -0.695. The van der Waals surface area contributed by atoms with Gasteiger partial charge < -0.3 is 19.7 Å². The molecule has 2 aromatic rings. The van der Waals surface area contributed by atoms with Crippen LogP contribution in [0.2, 0.25) is 0 Å². The summed E-state index contributed by atoms with van der Waals surface area (Å²) in [6, 6.07) is 3.76. The maximum absolute atomic E-state index is 11.8. The summed E-state index contributed by atoms with van der Waals surface area (Å²) in [4.78, 5) is 11.8. The van der Waals surface area contributed by atoms with Crippen LogP contribution in [-0.2, 0) is 0 Å². The Morgan fingerprint density at radius 1 is 1.12 bits per heavy atom. The topological polar surface area (TPSA) is 90.9 Å². The molecule has 5 heteroatoms. The largest absolute Gasteiger partial charge is 0.508 e. The third-order valence-electron chi connectivity index (χ3n) is 2.42. The van der Waals surface area contributed by atoms with Crippen molar-refractivity contribution in [3.05, 3.63) is 40.4 Å². The Balaban J connectivity index is 2.73. The third kappa shape index (κ3) is 1.82. The molecule has 5 nitrogen and oxygen atoms in total. The van der Waals surface area contributed by atoms with Crippen molar-refractivity contribution in [2.24, 2.45) is 0 Å². The van der Waals surface area contributed by atoms with Crippen molar-refractivity contribution >= 4 is 0 Å². The molecule has 17 heavy (non-hydrogen) atoms. The predicted molar refractivity (Wildman–Crippen MR) is 60.1 cm³/mol. The molecule has 0 bridgehead atoms. The predicted octanol–water partition coefficient (Wildman–Crippen LogP) is 1.73. The molecule has 0 aliphatic rings. The average Bonchev–Trinajstić information content (AvgIpc) is 2.30. The lowest BCUT2D eigenvalue weighted by Gasteiger charge is -2.05. The van der Waals surface area contributed by atoms with Gasteiger partial charge in [-0.1, -0.05) is 0 Å². The molecule has 0 spiro atoms. The summed E-state index contributed by atoms with van der Waals surface area (Å²) in [7, 11) is 0. The SMILES string of the molecule is Cc1occ(-c2cc(O)ccc2O)c(=O)c1O. The zero-order chi connectivity index (χ0) is 12.6. The van der Waals surface area contributed by atoms with E-state index in [1.165, 1.54) is 25.1 Å². The van der Waals surface area contributed by atoms with Gasteiger partial charge >= 0.3 is 0 Å². The monoisotopic (exact) mass is 234 g/mol. The second-order valence-corrected chi connectivity index (χ2v) is 3.58. The van der Waals surface area contributed by atoms with Crippen molar-refractivity contribution in [2.75, 3.05) is 0 Å². The highest BCUT2D eigenvalue weighted by atomic mass is 16.4. The first-order valence-corrected chi connectivity index (χ1v) is 4.84. The Morgan fingerprint density at radius 3 is 2.53 bits per heavy atom. The normalized spacial score (nSPS) is 10.4. The number of phenols is 2. The molecule has 88 valence electrons. The van der Waals surface area contributed by atoms with Crippen LogP contribution < -0.4 is 5.43 Å². The van der Waals surface area contributed by atoms with E-state index in [4.69, 9.17) is 4.42 Å². The van der Waals surface area contributed by atoms with Crippen LogP contribution in [0.4, 0.5) is 0 Å². The van der Waals surface area contributed by atoms with Crippen LogP contribution in [-0.4, -0.2) is 15.3 Å². The Hall–Kier alpha value is -2.43. The standard InChI is InChI=1S/C12H10O5/c1-6-11(15)12(16)9(5-17-6)8-4-7(13)2-3-10(8)14/h2-5,13-15H,1H3. The molecule has 0 unspecified atom stereocenters. The van der Waals surface area contributed by atoms with E-state index in [0.717, 1.165) is 6.26 Å². The number of rotatable bonds is 1. The molecule has 0 atom stereocenters. The van der Waals surface area contributed by atoms with Crippen molar-refractivity contribution in [3.63, 3.8) is 0 Å². The quantitative estimate of drug-likeness (QED) is 0.653. The Kier molecular flexibility index (Phi) is 2.51. The number of aryl methyl sites for hydroxylation is 1. The molecule has 3 N–H and O–H groups in total. The minimum absolute atomic E-state index is 0.0125. The van der Waals surface area contributed by atoms with Crippen molar-refractivity contribution in [2.45, 2.75) is 6.92 Å².